The van der Waals surface area contributed by atoms with Crippen LogP contribution < -0.4 is 4.90 Å². The fraction of sp³-hybridized carbons (Fsp3) is 0.667. The van der Waals surface area contributed by atoms with Crippen LogP contribution in [0.5, 0.6) is 0 Å². The maximum atomic E-state index is 12.7. The Bertz CT molecular complexity index is 540. The van der Waals surface area contributed by atoms with E-state index < -0.39 is 0 Å². The van der Waals surface area contributed by atoms with Crippen LogP contribution in [-0.4, -0.2) is 45.6 Å². The molecule has 0 bridgehead atoms. The first kappa shape index (κ1) is 14.1. The van der Waals surface area contributed by atoms with Crippen molar-refractivity contribution < 1.29 is 9.59 Å². The lowest BCUT2D eigenvalue weighted by Gasteiger charge is -2.35. The van der Waals surface area contributed by atoms with Crippen LogP contribution in [0.3, 0.4) is 0 Å². The molecule has 0 radical (unpaired) electrons. The number of carbonyl (C=O) groups is 2. The number of carbonyl (C=O) groups excluding carboxylic acids is 2. The number of aromatic nitrogens is 2. The molecule has 1 unspecified atom stereocenters. The van der Waals surface area contributed by atoms with Gasteiger partial charge in [-0.25, -0.2) is 4.68 Å². The highest BCUT2D eigenvalue weighted by Crippen LogP contribution is 2.24. The molecule has 0 saturated carbocycles. The number of aryl methyl sites for hydroxylation is 1. The molecule has 3 rings (SSSR count). The monoisotopic (exact) mass is 290 g/mol. The zero-order valence-electron chi connectivity index (χ0n) is 12.5. The van der Waals surface area contributed by atoms with E-state index in [0.29, 0.717) is 13.0 Å². The predicted molar refractivity (Wildman–Crippen MR) is 78.8 cm³/mol. The number of anilines is 1. The van der Waals surface area contributed by atoms with Gasteiger partial charge < -0.3 is 4.90 Å². The van der Waals surface area contributed by atoms with Crippen molar-refractivity contribution in [3.63, 3.8) is 0 Å². The molecule has 0 aliphatic carbocycles. The Morgan fingerprint density at radius 3 is 3.05 bits per heavy atom. The van der Waals surface area contributed by atoms with Gasteiger partial charge in [0.1, 0.15) is 12.4 Å². The second-order valence-electron chi connectivity index (χ2n) is 5.94. The standard InChI is InChI=1S/C15H22N4O2/c1-12-7-10-18-13(6-8-16-18)19(12)15(21)11-17-9-4-2-3-5-14(17)20/h6,8,12H,2-5,7,9-11H2,1H3. The summed E-state index contributed by atoms with van der Waals surface area (Å²) in [4.78, 5) is 28.3. The largest absolute Gasteiger partial charge is 0.333 e. The van der Waals surface area contributed by atoms with Gasteiger partial charge in [0.25, 0.3) is 0 Å². The van der Waals surface area contributed by atoms with Gasteiger partial charge in [-0.3, -0.25) is 14.5 Å². The second kappa shape index (κ2) is 5.87. The Morgan fingerprint density at radius 2 is 2.19 bits per heavy atom. The first-order valence-corrected chi connectivity index (χ1v) is 7.78. The van der Waals surface area contributed by atoms with E-state index in [2.05, 4.69) is 12.0 Å². The van der Waals surface area contributed by atoms with Crippen LogP contribution >= 0.6 is 0 Å². The Morgan fingerprint density at radius 1 is 1.33 bits per heavy atom. The third kappa shape index (κ3) is 2.80. The van der Waals surface area contributed by atoms with E-state index in [1.807, 2.05) is 10.7 Å². The molecule has 1 aromatic heterocycles. The van der Waals surface area contributed by atoms with Crippen LogP contribution in [0.25, 0.3) is 0 Å². The Kier molecular flexibility index (Phi) is 3.94. The SMILES string of the molecule is CC1CCn2nccc2N1C(=O)CN1CCCCCC1=O. The van der Waals surface area contributed by atoms with E-state index in [-0.39, 0.29) is 24.4 Å². The molecular formula is C15H22N4O2. The topological polar surface area (TPSA) is 58.4 Å². The third-order valence-electron chi connectivity index (χ3n) is 4.41. The lowest BCUT2D eigenvalue weighted by molar-refractivity contribution is -0.135. The molecule has 6 heteroatoms. The number of nitrogens with zero attached hydrogens (tertiary/aromatic N) is 4. The maximum Gasteiger partial charge on any atom is 0.248 e. The summed E-state index contributed by atoms with van der Waals surface area (Å²) in [5.74, 6) is 0.958. The molecule has 0 spiro atoms. The number of fused-ring (bicyclic) bond motifs is 1. The molecule has 1 fully saturated rings. The number of likely N-dealkylation sites (tertiary alicyclic amines) is 1. The third-order valence-corrected chi connectivity index (χ3v) is 4.41. The molecule has 1 atom stereocenters. The van der Waals surface area contributed by atoms with E-state index in [9.17, 15) is 9.59 Å². The van der Waals surface area contributed by atoms with Crippen molar-refractivity contribution in [2.75, 3.05) is 18.0 Å². The van der Waals surface area contributed by atoms with Crippen molar-refractivity contribution in [2.45, 2.75) is 51.6 Å². The Labute approximate surface area is 124 Å². The maximum absolute atomic E-state index is 12.7. The number of hydrogen-bond donors (Lipinski definition) is 0. The number of hydrogen-bond acceptors (Lipinski definition) is 3. The first-order valence-electron chi connectivity index (χ1n) is 7.78. The second-order valence-corrected chi connectivity index (χ2v) is 5.94. The van der Waals surface area contributed by atoms with Crippen LogP contribution in [0.2, 0.25) is 0 Å². The predicted octanol–water partition coefficient (Wildman–Crippen LogP) is 1.41. The van der Waals surface area contributed by atoms with Gasteiger partial charge in [-0.2, -0.15) is 5.10 Å². The Hall–Kier alpha value is -1.85. The van der Waals surface area contributed by atoms with Crippen LogP contribution in [0, 0.1) is 0 Å². The van der Waals surface area contributed by atoms with Crippen LogP contribution in [0.4, 0.5) is 5.82 Å². The van der Waals surface area contributed by atoms with Gasteiger partial charge in [0.15, 0.2) is 0 Å². The molecule has 3 heterocycles. The molecule has 2 aliphatic heterocycles. The molecule has 1 aromatic rings. The lowest BCUT2D eigenvalue weighted by atomic mass is 10.1. The van der Waals surface area contributed by atoms with E-state index in [1.165, 1.54) is 0 Å². The molecule has 114 valence electrons. The van der Waals surface area contributed by atoms with Gasteiger partial charge >= 0.3 is 0 Å². The summed E-state index contributed by atoms with van der Waals surface area (Å²) in [5.41, 5.74) is 0. The van der Waals surface area contributed by atoms with Gasteiger partial charge in [0, 0.05) is 31.6 Å². The number of rotatable bonds is 2. The summed E-state index contributed by atoms with van der Waals surface area (Å²) >= 11 is 0. The van der Waals surface area contributed by atoms with Gasteiger partial charge in [-0.05, 0) is 26.2 Å². The van der Waals surface area contributed by atoms with E-state index in [4.69, 9.17) is 0 Å². The molecule has 21 heavy (non-hydrogen) atoms. The van der Waals surface area contributed by atoms with Crippen LogP contribution in [-0.2, 0) is 16.1 Å². The van der Waals surface area contributed by atoms with Crippen molar-refractivity contribution in [2.24, 2.45) is 0 Å². The van der Waals surface area contributed by atoms with Gasteiger partial charge in [0.2, 0.25) is 11.8 Å². The van der Waals surface area contributed by atoms with Crippen LogP contribution in [0.1, 0.15) is 39.0 Å². The van der Waals surface area contributed by atoms with Crippen molar-refractivity contribution in [3.05, 3.63) is 12.3 Å². The summed E-state index contributed by atoms with van der Waals surface area (Å²) in [5, 5.41) is 4.24. The summed E-state index contributed by atoms with van der Waals surface area (Å²) in [6, 6.07) is 2.03. The first-order chi connectivity index (χ1) is 10.2. The lowest BCUT2D eigenvalue weighted by Crippen LogP contribution is -2.49. The average molecular weight is 290 g/mol. The zero-order chi connectivity index (χ0) is 14.8. The summed E-state index contributed by atoms with van der Waals surface area (Å²) in [7, 11) is 0. The molecule has 0 aromatic carbocycles. The van der Waals surface area contributed by atoms with Crippen molar-refractivity contribution in [3.8, 4) is 0 Å². The van der Waals surface area contributed by atoms with Gasteiger partial charge in [-0.15, -0.1) is 0 Å². The highest BCUT2D eigenvalue weighted by atomic mass is 16.2. The minimum Gasteiger partial charge on any atom is -0.333 e. The van der Waals surface area contributed by atoms with E-state index in [1.54, 1.807) is 16.0 Å². The summed E-state index contributed by atoms with van der Waals surface area (Å²) < 4.78 is 1.86. The van der Waals surface area contributed by atoms with Crippen molar-refractivity contribution in [1.29, 1.82) is 0 Å². The minimum absolute atomic E-state index is 0.000741. The quantitative estimate of drug-likeness (QED) is 0.827. The van der Waals surface area contributed by atoms with E-state index >= 15 is 0 Å². The normalized spacial score (nSPS) is 22.9. The molecule has 0 N–H and O–H groups in total. The van der Waals surface area contributed by atoms with E-state index in [0.717, 1.165) is 38.0 Å². The summed E-state index contributed by atoms with van der Waals surface area (Å²) in [6.07, 6.45) is 6.20. The highest BCUT2D eigenvalue weighted by Gasteiger charge is 2.30. The van der Waals surface area contributed by atoms with Crippen molar-refractivity contribution in [1.82, 2.24) is 14.7 Å². The summed E-state index contributed by atoms with van der Waals surface area (Å²) in [6.45, 7) is 3.79. The van der Waals surface area contributed by atoms with Gasteiger partial charge in [0.05, 0.1) is 6.20 Å². The fourth-order valence-electron chi connectivity index (χ4n) is 3.19. The minimum atomic E-state index is -0.000741. The Balaban J connectivity index is 1.74. The molecular weight excluding hydrogens is 268 g/mol. The number of amides is 2. The molecule has 2 amide bonds. The fourth-order valence-corrected chi connectivity index (χ4v) is 3.19. The molecule has 1 saturated heterocycles. The molecule has 6 nitrogen and oxygen atoms in total. The smallest absolute Gasteiger partial charge is 0.248 e. The van der Waals surface area contributed by atoms with Crippen LogP contribution in [0.15, 0.2) is 12.3 Å². The highest BCUT2D eigenvalue weighted by molar-refractivity contribution is 5.96. The molecule has 2 aliphatic rings. The zero-order valence-corrected chi connectivity index (χ0v) is 12.5. The van der Waals surface area contributed by atoms with Crippen molar-refractivity contribution >= 4 is 17.6 Å². The van der Waals surface area contributed by atoms with Gasteiger partial charge in [-0.1, -0.05) is 6.42 Å². The average Bonchev–Trinajstić information content (AvgIpc) is 2.84.